The van der Waals surface area contributed by atoms with Crippen LogP contribution in [0, 0.1) is 19.8 Å². The van der Waals surface area contributed by atoms with E-state index in [2.05, 4.69) is 4.98 Å². The zero-order valence-corrected chi connectivity index (χ0v) is 12.4. The van der Waals surface area contributed by atoms with Gasteiger partial charge in [-0.25, -0.2) is 13.4 Å². The molecule has 1 aliphatic heterocycles. The van der Waals surface area contributed by atoms with Gasteiger partial charge >= 0.3 is 0 Å². The van der Waals surface area contributed by atoms with E-state index in [1.54, 1.807) is 4.90 Å². The third-order valence-corrected chi connectivity index (χ3v) is 5.23. The van der Waals surface area contributed by atoms with E-state index in [0.717, 1.165) is 10.6 Å². The van der Waals surface area contributed by atoms with Gasteiger partial charge in [-0.3, -0.25) is 9.69 Å². The number of amides is 1. The van der Waals surface area contributed by atoms with Crippen molar-refractivity contribution in [3.05, 3.63) is 10.6 Å². The van der Waals surface area contributed by atoms with Gasteiger partial charge in [-0.2, -0.15) is 0 Å². The van der Waals surface area contributed by atoms with Crippen LogP contribution < -0.4 is 4.90 Å². The number of carbonyl (C=O) groups excluding carboxylic acids is 1. The van der Waals surface area contributed by atoms with Crippen LogP contribution >= 0.6 is 22.0 Å². The Balaban J connectivity index is 2.15. The summed E-state index contributed by atoms with van der Waals surface area (Å²) in [5.41, 5.74) is 0.899. The summed E-state index contributed by atoms with van der Waals surface area (Å²) in [4.78, 5) is 18.8. The summed E-state index contributed by atoms with van der Waals surface area (Å²) < 4.78 is 22.0. The molecule has 2 heterocycles. The number of thiazole rings is 1. The molecule has 8 heteroatoms. The molecule has 5 nitrogen and oxygen atoms in total. The lowest BCUT2D eigenvalue weighted by Crippen LogP contribution is -2.25. The van der Waals surface area contributed by atoms with Crippen LogP contribution in [0.25, 0.3) is 0 Å². The maximum atomic E-state index is 11.8. The van der Waals surface area contributed by atoms with Crippen LogP contribution in [-0.4, -0.2) is 31.6 Å². The van der Waals surface area contributed by atoms with Crippen molar-refractivity contribution >= 4 is 42.1 Å². The largest absolute Gasteiger partial charge is 0.288 e. The molecule has 0 N–H and O–H groups in total. The van der Waals surface area contributed by atoms with Gasteiger partial charge < -0.3 is 0 Å². The summed E-state index contributed by atoms with van der Waals surface area (Å²) in [6.45, 7) is 4.20. The van der Waals surface area contributed by atoms with Crippen molar-refractivity contribution in [3.63, 3.8) is 0 Å². The molecule has 0 saturated carbocycles. The lowest BCUT2D eigenvalue weighted by molar-refractivity contribution is -0.117. The Hall–Kier alpha value is -0.660. The van der Waals surface area contributed by atoms with E-state index in [0.29, 0.717) is 11.7 Å². The number of anilines is 1. The molecule has 0 bridgehead atoms. The molecule has 1 saturated heterocycles. The quantitative estimate of drug-likeness (QED) is 0.797. The first-order chi connectivity index (χ1) is 8.26. The summed E-state index contributed by atoms with van der Waals surface area (Å²) in [5.74, 6) is -0.501. The van der Waals surface area contributed by atoms with Gasteiger partial charge in [0.25, 0.3) is 0 Å². The first-order valence-corrected chi connectivity index (χ1v) is 8.72. The second-order valence-electron chi connectivity index (χ2n) is 4.42. The Bertz CT molecular complexity index is 562. The molecule has 0 aromatic carbocycles. The fraction of sp³-hybridized carbons (Fsp3) is 0.600. The van der Waals surface area contributed by atoms with Crippen LogP contribution in [0.1, 0.15) is 17.0 Å². The van der Waals surface area contributed by atoms with Crippen LogP contribution in [0.4, 0.5) is 5.13 Å². The SMILES string of the molecule is Cc1nc(N2CC(CS(=O)(=O)Cl)CC2=O)sc1C. The molecule has 0 radical (unpaired) electrons. The summed E-state index contributed by atoms with van der Waals surface area (Å²) in [5, 5.41) is 0.643. The number of aryl methyl sites for hydroxylation is 2. The van der Waals surface area contributed by atoms with E-state index in [1.165, 1.54) is 11.3 Å². The molecule has 1 amide bonds. The van der Waals surface area contributed by atoms with Crippen molar-refractivity contribution in [2.24, 2.45) is 5.92 Å². The molecular formula is C10H13ClN2O3S2. The second kappa shape index (κ2) is 4.79. The lowest BCUT2D eigenvalue weighted by Gasteiger charge is -2.12. The third-order valence-electron chi connectivity index (χ3n) is 2.89. The monoisotopic (exact) mass is 308 g/mol. The van der Waals surface area contributed by atoms with Gasteiger partial charge in [0.1, 0.15) is 0 Å². The Morgan fingerprint density at radius 2 is 2.17 bits per heavy atom. The third kappa shape index (κ3) is 3.02. The molecule has 100 valence electrons. The molecule has 1 unspecified atom stereocenters. The van der Waals surface area contributed by atoms with Gasteiger partial charge in [0, 0.05) is 34.4 Å². The van der Waals surface area contributed by atoms with Crippen molar-refractivity contribution < 1.29 is 13.2 Å². The summed E-state index contributed by atoms with van der Waals surface area (Å²) in [6.07, 6.45) is 0.212. The molecular weight excluding hydrogens is 296 g/mol. The fourth-order valence-electron chi connectivity index (χ4n) is 1.93. The van der Waals surface area contributed by atoms with E-state index < -0.39 is 9.05 Å². The zero-order chi connectivity index (χ0) is 13.5. The molecule has 0 aliphatic carbocycles. The van der Waals surface area contributed by atoms with Crippen molar-refractivity contribution in [2.45, 2.75) is 20.3 Å². The molecule has 1 aliphatic rings. The molecule has 2 rings (SSSR count). The Labute approximate surface area is 114 Å². The zero-order valence-electron chi connectivity index (χ0n) is 10.0. The van der Waals surface area contributed by atoms with Gasteiger partial charge in [-0.1, -0.05) is 0 Å². The first-order valence-electron chi connectivity index (χ1n) is 5.43. The molecule has 0 spiro atoms. The molecule has 1 atom stereocenters. The van der Waals surface area contributed by atoms with Crippen LogP contribution in [0.3, 0.4) is 0 Å². The van der Waals surface area contributed by atoms with Gasteiger partial charge in [0.2, 0.25) is 15.0 Å². The van der Waals surface area contributed by atoms with Gasteiger partial charge in [0.05, 0.1) is 11.4 Å². The number of halogens is 1. The normalized spacial score (nSPS) is 20.7. The number of nitrogens with zero attached hydrogens (tertiary/aromatic N) is 2. The fourth-order valence-corrected chi connectivity index (χ4v) is 4.19. The topological polar surface area (TPSA) is 67.3 Å². The minimum atomic E-state index is -3.56. The molecule has 1 fully saturated rings. The van der Waals surface area contributed by atoms with E-state index in [4.69, 9.17) is 10.7 Å². The lowest BCUT2D eigenvalue weighted by atomic mass is 10.1. The highest BCUT2D eigenvalue weighted by Gasteiger charge is 2.34. The molecule has 1 aromatic heterocycles. The van der Waals surface area contributed by atoms with Gasteiger partial charge in [0.15, 0.2) is 5.13 Å². The van der Waals surface area contributed by atoms with Crippen molar-refractivity contribution in [3.8, 4) is 0 Å². The number of hydrogen-bond acceptors (Lipinski definition) is 5. The minimum Gasteiger partial charge on any atom is -0.288 e. The van der Waals surface area contributed by atoms with Gasteiger partial charge in [-0.15, -0.1) is 11.3 Å². The molecule has 1 aromatic rings. The number of rotatable bonds is 3. The minimum absolute atomic E-state index is 0.0888. The van der Waals surface area contributed by atoms with E-state index >= 15 is 0 Å². The molecule has 18 heavy (non-hydrogen) atoms. The highest BCUT2D eigenvalue weighted by Crippen LogP contribution is 2.31. The van der Waals surface area contributed by atoms with Crippen molar-refractivity contribution in [1.82, 2.24) is 4.98 Å². The number of carbonyl (C=O) groups is 1. The van der Waals surface area contributed by atoms with E-state index in [1.807, 2.05) is 13.8 Å². The Kier molecular flexibility index (Phi) is 3.66. The average molecular weight is 309 g/mol. The average Bonchev–Trinajstić information content (AvgIpc) is 2.69. The second-order valence-corrected chi connectivity index (χ2v) is 8.42. The summed E-state index contributed by atoms with van der Waals surface area (Å²) >= 11 is 1.45. The smallest absolute Gasteiger partial charge is 0.232 e. The first kappa shape index (κ1) is 13.8. The number of aromatic nitrogens is 1. The highest BCUT2D eigenvalue weighted by molar-refractivity contribution is 8.13. The standard InChI is InChI=1S/C10H13ClN2O3S2/c1-6-7(2)17-10(12-6)13-4-8(3-9(13)14)5-18(11,15)16/h8H,3-5H2,1-2H3. The van der Waals surface area contributed by atoms with Crippen LogP contribution in [-0.2, 0) is 13.8 Å². The maximum absolute atomic E-state index is 11.8. The van der Waals surface area contributed by atoms with Gasteiger partial charge in [-0.05, 0) is 13.8 Å². The predicted molar refractivity (Wildman–Crippen MR) is 71.7 cm³/mol. The highest BCUT2D eigenvalue weighted by atomic mass is 35.7. The van der Waals surface area contributed by atoms with Crippen molar-refractivity contribution in [1.29, 1.82) is 0 Å². The van der Waals surface area contributed by atoms with E-state index in [-0.39, 0.29) is 24.0 Å². The van der Waals surface area contributed by atoms with E-state index in [9.17, 15) is 13.2 Å². The van der Waals surface area contributed by atoms with Crippen LogP contribution in [0.2, 0.25) is 0 Å². The maximum Gasteiger partial charge on any atom is 0.232 e. The summed E-state index contributed by atoms with van der Waals surface area (Å²) in [6, 6.07) is 0. The van der Waals surface area contributed by atoms with Crippen molar-refractivity contribution in [2.75, 3.05) is 17.2 Å². The number of hydrogen-bond donors (Lipinski definition) is 0. The Morgan fingerprint density at radius 3 is 2.67 bits per heavy atom. The van der Waals surface area contributed by atoms with Crippen LogP contribution in [0.5, 0.6) is 0 Å². The summed E-state index contributed by atoms with van der Waals surface area (Å²) in [7, 11) is 1.65. The van der Waals surface area contributed by atoms with Crippen LogP contribution in [0.15, 0.2) is 0 Å². The Morgan fingerprint density at radius 1 is 1.50 bits per heavy atom. The predicted octanol–water partition coefficient (Wildman–Crippen LogP) is 1.68.